The van der Waals surface area contributed by atoms with Crippen molar-refractivity contribution in [2.24, 2.45) is 5.84 Å². The molecule has 1 heterocycles. The minimum absolute atomic E-state index is 0.111. The maximum Gasteiger partial charge on any atom is 0.233 e. The summed E-state index contributed by atoms with van der Waals surface area (Å²) in [7, 11) is 0. The summed E-state index contributed by atoms with van der Waals surface area (Å²) in [5.41, 5.74) is 4.53. The average Bonchev–Trinajstić information content (AvgIpc) is 2.73. The Kier molecular flexibility index (Phi) is 3.22. The summed E-state index contributed by atoms with van der Waals surface area (Å²) in [5, 5.41) is 1.23. The molecular formula is C12H15N3O. The van der Waals surface area contributed by atoms with Crippen molar-refractivity contribution in [2.45, 2.75) is 19.3 Å². The number of aromatic amines is 1. The minimum Gasteiger partial charge on any atom is -0.361 e. The third-order valence-electron chi connectivity index (χ3n) is 2.69. The molecule has 16 heavy (non-hydrogen) atoms. The van der Waals surface area contributed by atoms with E-state index in [1.54, 1.807) is 0 Å². The number of aromatic nitrogens is 1. The van der Waals surface area contributed by atoms with Gasteiger partial charge in [-0.2, -0.15) is 0 Å². The molecule has 0 fully saturated rings. The Morgan fingerprint density at radius 1 is 1.38 bits per heavy atom. The van der Waals surface area contributed by atoms with Crippen LogP contribution in [0, 0.1) is 0 Å². The summed E-state index contributed by atoms with van der Waals surface area (Å²) in [5.74, 6) is 4.91. The van der Waals surface area contributed by atoms with Crippen molar-refractivity contribution in [2.75, 3.05) is 0 Å². The molecule has 1 aromatic carbocycles. The number of hydrazine groups is 1. The van der Waals surface area contributed by atoms with Crippen LogP contribution in [0.3, 0.4) is 0 Å². The smallest absolute Gasteiger partial charge is 0.233 e. The lowest BCUT2D eigenvalue weighted by Crippen LogP contribution is -2.29. The van der Waals surface area contributed by atoms with Crippen LogP contribution in [0.15, 0.2) is 30.5 Å². The summed E-state index contributed by atoms with van der Waals surface area (Å²) in [6.07, 6.45) is 4.17. The van der Waals surface area contributed by atoms with Gasteiger partial charge in [0.15, 0.2) is 0 Å². The monoisotopic (exact) mass is 217 g/mol. The fraction of sp³-hybridized carbons (Fsp3) is 0.250. The number of nitrogens with two attached hydrogens (primary N) is 1. The Morgan fingerprint density at radius 3 is 3.00 bits per heavy atom. The fourth-order valence-corrected chi connectivity index (χ4v) is 1.85. The summed E-state index contributed by atoms with van der Waals surface area (Å²) in [4.78, 5) is 14.2. The zero-order valence-corrected chi connectivity index (χ0v) is 8.99. The SMILES string of the molecule is NNC(=O)CCCc1c[nH]c2ccccc12. The number of amides is 1. The Morgan fingerprint density at radius 2 is 2.19 bits per heavy atom. The number of carbonyl (C=O) groups is 1. The fourth-order valence-electron chi connectivity index (χ4n) is 1.85. The van der Waals surface area contributed by atoms with Crippen LogP contribution in [0.25, 0.3) is 10.9 Å². The van der Waals surface area contributed by atoms with Crippen molar-refractivity contribution in [1.29, 1.82) is 0 Å². The van der Waals surface area contributed by atoms with E-state index in [1.807, 2.05) is 24.4 Å². The van der Waals surface area contributed by atoms with Gasteiger partial charge in [-0.05, 0) is 24.5 Å². The van der Waals surface area contributed by atoms with Gasteiger partial charge in [-0.1, -0.05) is 18.2 Å². The van der Waals surface area contributed by atoms with E-state index in [2.05, 4.69) is 16.5 Å². The van der Waals surface area contributed by atoms with Crippen LogP contribution in [0.2, 0.25) is 0 Å². The maximum absolute atomic E-state index is 11.0. The highest BCUT2D eigenvalue weighted by Gasteiger charge is 2.04. The lowest BCUT2D eigenvalue weighted by Gasteiger charge is -1.99. The zero-order chi connectivity index (χ0) is 11.4. The molecule has 4 N–H and O–H groups in total. The van der Waals surface area contributed by atoms with Crippen LogP contribution in [0.4, 0.5) is 0 Å². The largest absolute Gasteiger partial charge is 0.361 e. The third kappa shape index (κ3) is 2.23. The molecule has 1 amide bonds. The molecule has 4 nitrogen and oxygen atoms in total. The molecule has 84 valence electrons. The first-order valence-electron chi connectivity index (χ1n) is 5.35. The summed E-state index contributed by atoms with van der Waals surface area (Å²) in [6, 6.07) is 8.16. The maximum atomic E-state index is 11.0. The molecule has 0 bridgehead atoms. The summed E-state index contributed by atoms with van der Waals surface area (Å²) < 4.78 is 0. The molecule has 0 saturated heterocycles. The summed E-state index contributed by atoms with van der Waals surface area (Å²) >= 11 is 0. The van der Waals surface area contributed by atoms with Gasteiger partial charge >= 0.3 is 0 Å². The van der Waals surface area contributed by atoms with E-state index in [1.165, 1.54) is 10.9 Å². The molecule has 1 aromatic heterocycles. The van der Waals surface area contributed by atoms with Gasteiger partial charge in [0.25, 0.3) is 0 Å². The highest BCUT2D eigenvalue weighted by Crippen LogP contribution is 2.19. The highest BCUT2D eigenvalue weighted by atomic mass is 16.2. The second-order valence-electron chi connectivity index (χ2n) is 3.78. The number of hydrogen-bond donors (Lipinski definition) is 3. The van der Waals surface area contributed by atoms with Crippen LogP contribution in [-0.4, -0.2) is 10.9 Å². The molecule has 2 aromatic rings. The Balaban J connectivity index is 2.02. The molecule has 0 unspecified atom stereocenters. The second kappa shape index (κ2) is 4.81. The predicted molar refractivity (Wildman–Crippen MR) is 63.6 cm³/mol. The van der Waals surface area contributed by atoms with Crippen molar-refractivity contribution >= 4 is 16.8 Å². The average molecular weight is 217 g/mol. The van der Waals surface area contributed by atoms with Crippen LogP contribution in [-0.2, 0) is 11.2 Å². The quantitative estimate of drug-likeness (QED) is 0.412. The van der Waals surface area contributed by atoms with Gasteiger partial charge in [-0.3, -0.25) is 10.2 Å². The molecular weight excluding hydrogens is 202 g/mol. The molecule has 2 rings (SSSR count). The van der Waals surface area contributed by atoms with Crippen molar-refractivity contribution in [3.05, 3.63) is 36.0 Å². The van der Waals surface area contributed by atoms with E-state index >= 15 is 0 Å². The second-order valence-corrected chi connectivity index (χ2v) is 3.78. The molecule has 0 saturated carbocycles. The lowest BCUT2D eigenvalue weighted by atomic mass is 10.1. The number of rotatable bonds is 4. The number of nitrogens with one attached hydrogen (secondary N) is 2. The number of carbonyl (C=O) groups excluding carboxylic acids is 1. The van der Waals surface area contributed by atoms with Gasteiger partial charge in [0.05, 0.1) is 0 Å². The highest BCUT2D eigenvalue weighted by molar-refractivity contribution is 5.83. The van der Waals surface area contributed by atoms with Gasteiger partial charge in [0.2, 0.25) is 5.91 Å². The zero-order valence-electron chi connectivity index (χ0n) is 8.99. The first-order chi connectivity index (χ1) is 7.81. The van der Waals surface area contributed by atoms with Crippen LogP contribution < -0.4 is 11.3 Å². The van der Waals surface area contributed by atoms with E-state index in [9.17, 15) is 4.79 Å². The van der Waals surface area contributed by atoms with Crippen LogP contribution in [0.1, 0.15) is 18.4 Å². The Hall–Kier alpha value is -1.81. The van der Waals surface area contributed by atoms with Gasteiger partial charge < -0.3 is 4.98 Å². The van der Waals surface area contributed by atoms with Gasteiger partial charge in [0, 0.05) is 23.5 Å². The minimum atomic E-state index is -0.111. The summed E-state index contributed by atoms with van der Waals surface area (Å²) in [6.45, 7) is 0. The normalized spacial score (nSPS) is 10.6. The van der Waals surface area contributed by atoms with E-state index in [-0.39, 0.29) is 5.91 Å². The van der Waals surface area contributed by atoms with E-state index in [0.717, 1.165) is 18.4 Å². The van der Waals surface area contributed by atoms with E-state index in [0.29, 0.717) is 6.42 Å². The first-order valence-corrected chi connectivity index (χ1v) is 5.35. The number of H-pyrrole nitrogens is 1. The topological polar surface area (TPSA) is 70.9 Å². The third-order valence-corrected chi connectivity index (χ3v) is 2.69. The number of para-hydroxylation sites is 1. The Labute approximate surface area is 93.8 Å². The van der Waals surface area contributed by atoms with Crippen molar-refractivity contribution in [3.8, 4) is 0 Å². The Bertz CT molecular complexity index is 490. The van der Waals surface area contributed by atoms with Gasteiger partial charge in [-0.15, -0.1) is 0 Å². The first kappa shape index (κ1) is 10.7. The van der Waals surface area contributed by atoms with Crippen molar-refractivity contribution in [3.63, 3.8) is 0 Å². The van der Waals surface area contributed by atoms with Gasteiger partial charge in [0.1, 0.15) is 0 Å². The number of aryl methyl sites for hydroxylation is 1. The molecule has 0 aliphatic heterocycles. The molecule has 4 heteroatoms. The van der Waals surface area contributed by atoms with Crippen molar-refractivity contribution in [1.82, 2.24) is 10.4 Å². The molecule has 0 radical (unpaired) electrons. The molecule has 0 aliphatic rings. The number of benzene rings is 1. The number of hydrogen-bond acceptors (Lipinski definition) is 2. The standard InChI is InChI=1S/C12H15N3O/c13-15-12(16)7-3-4-9-8-14-11-6-2-1-5-10(9)11/h1-2,5-6,8,14H,3-4,7,13H2,(H,15,16). The van der Waals surface area contributed by atoms with Crippen LogP contribution in [0.5, 0.6) is 0 Å². The van der Waals surface area contributed by atoms with Gasteiger partial charge in [-0.25, -0.2) is 5.84 Å². The van der Waals surface area contributed by atoms with Crippen LogP contribution >= 0.6 is 0 Å². The number of fused-ring (bicyclic) bond motifs is 1. The lowest BCUT2D eigenvalue weighted by molar-refractivity contribution is -0.121. The van der Waals surface area contributed by atoms with Crippen molar-refractivity contribution < 1.29 is 4.79 Å². The molecule has 0 atom stereocenters. The molecule has 0 aliphatic carbocycles. The molecule has 0 spiro atoms. The van der Waals surface area contributed by atoms with E-state index in [4.69, 9.17) is 5.84 Å². The predicted octanol–water partition coefficient (Wildman–Crippen LogP) is 1.48. The van der Waals surface area contributed by atoms with E-state index < -0.39 is 0 Å².